The maximum Gasteiger partial charge on any atom is 0.277 e. The summed E-state index contributed by atoms with van der Waals surface area (Å²) in [6.07, 6.45) is 0. The van der Waals surface area contributed by atoms with Crippen molar-refractivity contribution < 1.29 is 0 Å². The Hall–Kier alpha value is -2.50. The molecule has 30 heavy (non-hydrogen) atoms. The minimum Gasteiger partial charge on any atom is -0.285 e. The molecule has 8 heteroatoms. The molecule has 0 saturated heterocycles. The van der Waals surface area contributed by atoms with Crippen molar-refractivity contribution in [2.24, 2.45) is 0 Å². The highest BCUT2D eigenvalue weighted by Crippen LogP contribution is 2.45. The number of hydrogen-bond donors (Lipinski definition) is 0. The van der Waals surface area contributed by atoms with E-state index in [0.717, 1.165) is 5.39 Å². The Morgan fingerprint density at radius 1 is 0.500 bits per heavy atom. The van der Waals surface area contributed by atoms with E-state index in [1.165, 1.54) is 6.07 Å². The molecule has 5 aromatic carbocycles. The van der Waals surface area contributed by atoms with E-state index in [1.54, 1.807) is 18.2 Å². The molecule has 0 atom stereocenters. The number of rotatable bonds is 0. The zero-order valence-corrected chi connectivity index (χ0v) is 17.6. The van der Waals surface area contributed by atoms with Crippen LogP contribution in [0.2, 0.25) is 20.1 Å². The van der Waals surface area contributed by atoms with E-state index in [9.17, 15) is 19.2 Å². The van der Waals surface area contributed by atoms with Gasteiger partial charge < -0.3 is 0 Å². The van der Waals surface area contributed by atoms with Crippen molar-refractivity contribution >= 4 is 89.5 Å². The maximum absolute atomic E-state index is 12.4. The molecule has 0 amide bonds. The van der Waals surface area contributed by atoms with Crippen molar-refractivity contribution in [1.82, 2.24) is 0 Å². The van der Waals surface area contributed by atoms with Gasteiger partial charge in [0.05, 0.1) is 20.5 Å². The second-order valence-corrected chi connectivity index (χ2v) is 8.39. The van der Waals surface area contributed by atoms with Crippen molar-refractivity contribution in [1.29, 1.82) is 0 Å². The van der Waals surface area contributed by atoms with Crippen molar-refractivity contribution in [3.63, 3.8) is 0 Å². The summed E-state index contributed by atoms with van der Waals surface area (Å²) in [7, 11) is 0. The summed E-state index contributed by atoms with van der Waals surface area (Å²) in [5.74, 6) is 0. The lowest BCUT2D eigenvalue weighted by atomic mass is 9.96. The minimum absolute atomic E-state index is 0.145. The molecule has 0 spiro atoms. The zero-order valence-electron chi connectivity index (χ0n) is 14.6. The van der Waals surface area contributed by atoms with E-state index in [2.05, 4.69) is 0 Å². The van der Waals surface area contributed by atoms with Crippen molar-refractivity contribution in [2.45, 2.75) is 0 Å². The van der Waals surface area contributed by atoms with Gasteiger partial charge in [-0.05, 0) is 40.4 Å². The molecular weight excluding hydrogens is 470 g/mol. The lowest BCUT2D eigenvalue weighted by molar-refractivity contribution is 1.40. The molecule has 0 aromatic heterocycles. The van der Waals surface area contributed by atoms with Crippen molar-refractivity contribution in [3.05, 3.63) is 97.4 Å². The Kier molecular flexibility index (Phi) is 4.21. The first-order valence-electron chi connectivity index (χ1n) is 8.55. The van der Waals surface area contributed by atoms with Gasteiger partial charge in [0.2, 0.25) is 10.9 Å². The molecule has 0 saturated carbocycles. The van der Waals surface area contributed by atoms with Crippen LogP contribution >= 0.6 is 46.4 Å². The average molecular weight is 476 g/mol. The lowest BCUT2D eigenvalue weighted by Gasteiger charge is -2.13. The van der Waals surface area contributed by atoms with Gasteiger partial charge in [0.25, 0.3) is 10.9 Å². The second-order valence-electron chi connectivity index (χ2n) is 6.84. The average Bonchev–Trinajstić information content (AvgIpc) is 2.70. The Labute approximate surface area is 186 Å². The van der Waals surface area contributed by atoms with Crippen LogP contribution in [0.25, 0.3) is 43.1 Å². The van der Waals surface area contributed by atoms with E-state index < -0.39 is 21.7 Å². The van der Waals surface area contributed by atoms with Crippen LogP contribution in [-0.2, 0) is 0 Å². The highest BCUT2D eigenvalue weighted by atomic mass is 35.5. The number of fused-ring (bicyclic) bond motifs is 4. The van der Waals surface area contributed by atoms with E-state index in [0.29, 0.717) is 31.6 Å². The third-order valence-corrected chi connectivity index (χ3v) is 6.67. The molecule has 4 nitrogen and oxygen atoms in total. The third kappa shape index (κ3) is 2.42. The number of hydrogen-bond acceptors (Lipinski definition) is 4. The molecule has 0 bridgehead atoms. The maximum atomic E-state index is 12.4. The van der Waals surface area contributed by atoms with Crippen LogP contribution < -0.4 is 21.7 Å². The van der Waals surface area contributed by atoms with Gasteiger partial charge in [0, 0.05) is 26.6 Å². The van der Waals surface area contributed by atoms with Crippen LogP contribution in [0.4, 0.5) is 0 Å². The van der Waals surface area contributed by atoms with E-state index in [-0.39, 0.29) is 26.2 Å². The zero-order chi connectivity index (χ0) is 21.5. The van der Waals surface area contributed by atoms with Crippen LogP contribution in [0, 0.1) is 0 Å². The van der Waals surface area contributed by atoms with E-state index >= 15 is 0 Å². The highest BCUT2D eigenvalue weighted by Gasteiger charge is 2.21. The SMILES string of the molecule is O=c1c(=O)c(=O)c2c(Cl)c3c(Cl)c4c(Cl)c5c(Cl)cccc5cc4cc3cc2c1=O. The molecule has 0 radical (unpaired) electrons. The topological polar surface area (TPSA) is 68.3 Å². The predicted molar refractivity (Wildman–Crippen MR) is 124 cm³/mol. The first kappa shape index (κ1) is 19.5. The summed E-state index contributed by atoms with van der Waals surface area (Å²) in [4.78, 5) is 48.4. The standard InChI is InChI=1S/C22H6Cl4O4/c23-11-3-1-2-7-4-8-5-9-6-10-15(20(28)22(30)21(29)19(10)27)18(26)14(9)17(25)13(8)16(24)12(7)11/h1-6H. The summed E-state index contributed by atoms with van der Waals surface area (Å²) in [5.41, 5.74) is -5.00. The van der Waals surface area contributed by atoms with Gasteiger partial charge in [-0.3, -0.25) is 19.2 Å². The highest BCUT2D eigenvalue weighted by molar-refractivity contribution is 6.52. The van der Waals surface area contributed by atoms with Gasteiger partial charge in [-0.15, -0.1) is 0 Å². The van der Waals surface area contributed by atoms with Gasteiger partial charge in [-0.1, -0.05) is 58.5 Å². The van der Waals surface area contributed by atoms with Gasteiger partial charge in [0.15, 0.2) is 0 Å². The van der Waals surface area contributed by atoms with Crippen molar-refractivity contribution in [3.8, 4) is 0 Å². The molecular formula is C22H6Cl4O4. The fraction of sp³-hybridized carbons (Fsp3) is 0. The molecule has 5 rings (SSSR count). The normalized spacial score (nSPS) is 11.9. The molecule has 0 aliphatic carbocycles. The summed E-state index contributed by atoms with van der Waals surface area (Å²) in [6.45, 7) is 0. The molecule has 0 N–H and O–H groups in total. The summed E-state index contributed by atoms with van der Waals surface area (Å²) >= 11 is 26.1. The summed E-state index contributed by atoms with van der Waals surface area (Å²) in [5, 5.41) is 3.36. The Balaban J connectivity index is 2.13. The third-order valence-electron chi connectivity index (χ3n) is 5.22. The monoisotopic (exact) mass is 474 g/mol. The quantitative estimate of drug-likeness (QED) is 0.227. The summed E-state index contributed by atoms with van der Waals surface area (Å²) in [6, 6.07) is 10.2. The molecule has 0 fully saturated rings. The number of benzene rings is 5. The molecule has 0 unspecified atom stereocenters. The van der Waals surface area contributed by atoms with Crippen LogP contribution in [-0.4, -0.2) is 0 Å². The Morgan fingerprint density at radius 2 is 1.03 bits per heavy atom. The molecule has 0 aliphatic heterocycles. The molecule has 146 valence electrons. The van der Waals surface area contributed by atoms with Crippen LogP contribution in [0.1, 0.15) is 0 Å². The van der Waals surface area contributed by atoms with E-state index in [1.807, 2.05) is 12.1 Å². The van der Waals surface area contributed by atoms with Gasteiger partial charge in [0.1, 0.15) is 0 Å². The predicted octanol–water partition coefficient (Wildman–Crippen LogP) is 5.23. The van der Waals surface area contributed by atoms with Crippen molar-refractivity contribution in [2.75, 3.05) is 0 Å². The fourth-order valence-corrected chi connectivity index (χ4v) is 5.50. The largest absolute Gasteiger partial charge is 0.285 e. The van der Waals surface area contributed by atoms with Crippen LogP contribution in [0.3, 0.4) is 0 Å². The van der Waals surface area contributed by atoms with Crippen LogP contribution in [0.5, 0.6) is 0 Å². The van der Waals surface area contributed by atoms with Gasteiger partial charge in [-0.25, -0.2) is 0 Å². The second kappa shape index (κ2) is 6.50. The first-order valence-corrected chi connectivity index (χ1v) is 10.1. The smallest absolute Gasteiger partial charge is 0.277 e. The Morgan fingerprint density at radius 3 is 1.73 bits per heavy atom. The lowest BCUT2D eigenvalue weighted by Crippen LogP contribution is -2.46. The molecule has 5 aromatic rings. The van der Waals surface area contributed by atoms with E-state index in [4.69, 9.17) is 46.4 Å². The summed E-state index contributed by atoms with van der Waals surface area (Å²) < 4.78 is 0. The van der Waals surface area contributed by atoms with Crippen LogP contribution in [0.15, 0.2) is 55.6 Å². The Bertz CT molecular complexity index is 1820. The van der Waals surface area contributed by atoms with Gasteiger partial charge >= 0.3 is 0 Å². The first-order chi connectivity index (χ1) is 14.2. The molecule has 0 heterocycles. The minimum atomic E-state index is -1.42. The number of halogens is 4. The molecule has 0 aliphatic rings. The fourth-order valence-electron chi connectivity index (χ4n) is 3.86. The van der Waals surface area contributed by atoms with Gasteiger partial charge in [-0.2, -0.15) is 0 Å².